The second-order valence-corrected chi connectivity index (χ2v) is 6.28. The minimum atomic E-state index is -0.609. The molecule has 1 aliphatic heterocycles. The fraction of sp³-hybridized carbons (Fsp3) is 0.300. The molecule has 0 radical (unpaired) electrons. The van der Waals surface area contributed by atoms with E-state index in [0.29, 0.717) is 36.8 Å². The second-order valence-electron chi connectivity index (χ2n) is 6.28. The van der Waals surface area contributed by atoms with Crippen LogP contribution in [0.4, 0.5) is 4.39 Å². The highest BCUT2D eigenvalue weighted by Crippen LogP contribution is 2.29. The molecule has 148 valence electrons. The molecule has 1 heterocycles. The lowest BCUT2D eigenvalue weighted by Crippen LogP contribution is -2.42. The Balaban J connectivity index is 1.73. The van der Waals surface area contributed by atoms with Crippen molar-refractivity contribution in [3.63, 3.8) is 0 Å². The van der Waals surface area contributed by atoms with Gasteiger partial charge in [-0.1, -0.05) is 12.1 Å². The molecule has 3 rings (SSSR count). The Morgan fingerprint density at radius 2 is 1.96 bits per heavy atom. The van der Waals surface area contributed by atoms with E-state index in [1.54, 1.807) is 35.2 Å². The number of primary amides is 1. The molecule has 0 saturated carbocycles. The van der Waals surface area contributed by atoms with Crippen LogP contribution in [0.2, 0.25) is 0 Å². The summed E-state index contributed by atoms with van der Waals surface area (Å²) < 4.78 is 29.4. The van der Waals surface area contributed by atoms with Gasteiger partial charge in [-0.05, 0) is 35.9 Å². The van der Waals surface area contributed by atoms with E-state index in [1.165, 1.54) is 19.2 Å². The van der Waals surface area contributed by atoms with E-state index in [2.05, 4.69) is 0 Å². The van der Waals surface area contributed by atoms with Crippen molar-refractivity contribution in [1.29, 1.82) is 0 Å². The van der Waals surface area contributed by atoms with E-state index in [1.807, 2.05) is 0 Å². The van der Waals surface area contributed by atoms with Crippen LogP contribution in [0.15, 0.2) is 42.5 Å². The highest BCUT2D eigenvalue weighted by Gasteiger charge is 2.26. The summed E-state index contributed by atoms with van der Waals surface area (Å²) in [5.41, 5.74) is 6.31. The number of methoxy groups -OCH3 is 1. The largest absolute Gasteiger partial charge is 0.493 e. The molecule has 1 unspecified atom stereocenters. The molecule has 1 saturated heterocycles. The number of carbonyl (C=O) groups is 2. The number of hydrogen-bond donors (Lipinski definition) is 1. The van der Waals surface area contributed by atoms with Crippen LogP contribution >= 0.6 is 0 Å². The Bertz CT molecular complexity index is 856. The van der Waals surface area contributed by atoms with E-state index in [-0.39, 0.29) is 24.4 Å². The Kier molecular flexibility index (Phi) is 6.10. The number of hydrogen-bond acceptors (Lipinski definition) is 5. The SMILES string of the molecule is COc1cc(C(=O)N2CCOC(c3ccc(F)cc3)C2)ccc1OCC(N)=O. The van der Waals surface area contributed by atoms with Gasteiger partial charge in [0.15, 0.2) is 18.1 Å². The first kappa shape index (κ1) is 19.6. The van der Waals surface area contributed by atoms with Crippen LogP contribution < -0.4 is 15.2 Å². The Morgan fingerprint density at radius 3 is 2.64 bits per heavy atom. The number of nitrogens with zero attached hydrogens (tertiary/aromatic N) is 1. The van der Waals surface area contributed by atoms with Crippen LogP contribution in [-0.2, 0) is 9.53 Å². The van der Waals surface area contributed by atoms with Crippen LogP contribution in [0.3, 0.4) is 0 Å². The van der Waals surface area contributed by atoms with E-state index in [0.717, 1.165) is 5.56 Å². The predicted molar refractivity (Wildman–Crippen MR) is 98.7 cm³/mol. The molecule has 2 aromatic carbocycles. The van der Waals surface area contributed by atoms with Crippen molar-refractivity contribution in [3.05, 3.63) is 59.4 Å². The lowest BCUT2D eigenvalue weighted by molar-refractivity contribution is -0.119. The maximum absolute atomic E-state index is 13.1. The van der Waals surface area contributed by atoms with Gasteiger partial charge in [0, 0.05) is 12.1 Å². The Labute approximate surface area is 161 Å². The third-order valence-corrected chi connectivity index (χ3v) is 4.38. The van der Waals surface area contributed by atoms with Gasteiger partial charge in [-0.15, -0.1) is 0 Å². The van der Waals surface area contributed by atoms with Crippen molar-refractivity contribution in [3.8, 4) is 11.5 Å². The summed E-state index contributed by atoms with van der Waals surface area (Å²) in [6.07, 6.45) is -0.321. The van der Waals surface area contributed by atoms with Crippen LogP contribution in [0, 0.1) is 5.82 Å². The third-order valence-electron chi connectivity index (χ3n) is 4.38. The van der Waals surface area contributed by atoms with E-state index in [4.69, 9.17) is 19.9 Å². The van der Waals surface area contributed by atoms with Crippen LogP contribution in [0.5, 0.6) is 11.5 Å². The molecule has 1 fully saturated rings. The first-order valence-corrected chi connectivity index (χ1v) is 8.73. The van der Waals surface area contributed by atoms with Gasteiger partial charge in [-0.3, -0.25) is 9.59 Å². The summed E-state index contributed by atoms with van der Waals surface area (Å²) in [6, 6.07) is 10.8. The molecule has 8 heteroatoms. The molecule has 0 spiro atoms. The zero-order valence-electron chi connectivity index (χ0n) is 15.4. The zero-order chi connectivity index (χ0) is 20.1. The van der Waals surface area contributed by atoms with E-state index < -0.39 is 5.91 Å². The minimum Gasteiger partial charge on any atom is -0.493 e. The number of carbonyl (C=O) groups excluding carboxylic acids is 2. The summed E-state index contributed by atoms with van der Waals surface area (Å²) in [5, 5.41) is 0. The standard InChI is InChI=1S/C20H21FN2O5/c1-26-17-10-14(4-7-16(17)28-12-19(22)24)20(25)23-8-9-27-18(11-23)13-2-5-15(21)6-3-13/h2-7,10,18H,8-9,11-12H2,1H3,(H2,22,24). The molecule has 28 heavy (non-hydrogen) atoms. The highest BCUT2D eigenvalue weighted by atomic mass is 19.1. The molecule has 0 bridgehead atoms. The summed E-state index contributed by atoms with van der Waals surface area (Å²) in [7, 11) is 1.44. The molecule has 7 nitrogen and oxygen atoms in total. The fourth-order valence-corrected chi connectivity index (χ4v) is 2.96. The quantitative estimate of drug-likeness (QED) is 0.816. The number of amides is 2. The number of halogens is 1. The summed E-state index contributed by atoms with van der Waals surface area (Å²) in [4.78, 5) is 25.5. The van der Waals surface area contributed by atoms with Crippen molar-refractivity contribution < 1.29 is 28.2 Å². The summed E-state index contributed by atoms with van der Waals surface area (Å²) in [6.45, 7) is 0.892. The van der Waals surface area contributed by atoms with Gasteiger partial charge in [0.2, 0.25) is 0 Å². The van der Waals surface area contributed by atoms with E-state index in [9.17, 15) is 14.0 Å². The molecule has 2 amide bonds. The first-order valence-electron chi connectivity index (χ1n) is 8.73. The molecule has 1 atom stereocenters. The van der Waals surface area contributed by atoms with Gasteiger partial charge in [0.25, 0.3) is 11.8 Å². The minimum absolute atomic E-state index is 0.185. The number of ether oxygens (including phenoxy) is 3. The monoisotopic (exact) mass is 388 g/mol. The maximum atomic E-state index is 13.1. The van der Waals surface area contributed by atoms with Gasteiger partial charge in [0.1, 0.15) is 11.9 Å². The normalized spacial score (nSPS) is 16.5. The van der Waals surface area contributed by atoms with Gasteiger partial charge in [-0.25, -0.2) is 4.39 Å². The van der Waals surface area contributed by atoms with Crippen LogP contribution in [-0.4, -0.2) is 50.1 Å². The lowest BCUT2D eigenvalue weighted by Gasteiger charge is -2.33. The van der Waals surface area contributed by atoms with Gasteiger partial charge in [0.05, 0.1) is 20.3 Å². The number of benzene rings is 2. The van der Waals surface area contributed by atoms with Crippen molar-refractivity contribution in [2.75, 3.05) is 33.4 Å². The van der Waals surface area contributed by atoms with Gasteiger partial charge in [-0.2, -0.15) is 0 Å². The highest BCUT2D eigenvalue weighted by molar-refractivity contribution is 5.95. The molecular formula is C20H21FN2O5. The Morgan fingerprint density at radius 1 is 1.21 bits per heavy atom. The molecule has 0 aliphatic carbocycles. The number of rotatable bonds is 6. The first-order chi connectivity index (χ1) is 13.5. The topological polar surface area (TPSA) is 91.1 Å². The van der Waals surface area contributed by atoms with Crippen molar-refractivity contribution in [1.82, 2.24) is 4.90 Å². The van der Waals surface area contributed by atoms with Crippen molar-refractivity contribution in [2.24, 2.45) is 5.73 Å². The average Bonchev–Trinajstić information content (AvgIpc) is 2.72. The van der Waals surface area contributed by atoms with E-state index >= 15 is 0 Å². The van der Waals surface area contributed by atoms with Crippen LogP contribution in [0.25, 0.3) is 0 Å². The number of nitrogens with two attached hydrogens (primary N) is 1. The summed E-state index contributed by atoms with van der Waals surface area (Å²) >= 11 is 0. The van der Waals surface area contributed by atoms with Gasteiger partial charge < -0.3 is 24.8 Å². The molecule has 0 aromatic heterocycles. The lowest BCUT2D eigenvalue weighted by atomic mass is 10.1. The summed E-state index contributed by atoms with van der Waals surface area (Å²) in [5.74, 6) is -0.463. The number of morpholine rings is 1. The molecule has 2 N–H and O–H groups in total. The second kappa shape index (κ2) is 8.71. The maximum Gasteiger partial charge on any atom is 0.255 e. The van der Waals surface area contributed by atoms with Gasteiger partial charge >= 0.3 is 0 Å². The molecular weight excluding hydrogens is 367 g/mol. The van der Waals surface area contributed by atoms with Crippen LogP contribution in [0.1, 0.15) is 22.0 Å². The smallest absolute Gasteiger partial charge is 0.255 e. The molecule has 1 aliphatic rings. The third kappa shape index (κ3) is 4.58. The zero-order valence-corrected chi connectivity index (χ0v) is 15.4. The molecule has 2 aromatic rings. The average molecular weight is 388 g/mol. The predicted octanol–water partition coefficient (Wildman–Crippen LogP) is 1.91. The van der Waals surface area contributed by atoms with Crippen molar-refractivity contribution in [2.45, 2.75) is 6.10 Å². The fourth-order valence-electron chi connectivity index (χ4n) is 2.96. The Hall–Kier alpha value is -3.13. The van der Waals surface area contributed by atoms with Crippen molar-refractivity contribution >= 4 is 11.8 Å².